The van der Waals surface area contributed by atoms with Crippen LogP contribution in [0.4, 0.5) is 5.69 Å². The molecule has 0 saturated heterocycles. The van der Waals surface area contributed by atoms with Gasteiger partial charge in [-0.15, -0.1) is 0 Å². The van der Waals surface area contributed by atoms with Crippen molar-refractivity contribution in [1.29, 1.82) is 0 Å². The normalized spacial score (nSPS) is 10.3. The van der Waals surface area contributed by atoms with Crippen LogP contribution in [0.15, 0.2) is 45.5 Å². The maximum absolute atomic E-state index is 5.55. The second-order valence-corrected chi connectivity index (χ2v) is 6.08. The minimum Gasteiger partial charge on any atom is -0.494 e. The molecule has 0 bridgehead atoms. The molecule has 0 fully saturated rings. The third-order valence-corrected chi connectivity index (χ3v) is 3.79. The molecule has 1 heterocycles. The van der Waals surface area contributed by atoms with E-state index < -0.39 is 0 Å². The number of benzene rings is 1. The molecule has 0 aliphatic rings. The second kappa shape index (κ2) is 7.64. The highest BCUT2D eigenvalue weighted by molar-refractivity contribution is 9.11. The van der Waals surface area contributed by atoms with Crippen molar-refractivity contribution in [2.24, 2.45) is 0 Å². The molecule has 20 heavy (non-hydrogen) atoms. The van der Waals surface area contributed by atoms with Crippen LogP contribution in [0.3, 0.4) is 0 Å². The van der Waals surface area contributed by atoms with Gasteiger partial charge in [0.25, 0.3) is 0 Å². The fourth-order valence-electron chi connectivity index (χ4n) is 1.65. The van der Waals surface area contributed by atoms with Crippen molar-refractivity contribution < 1.29 is 4.74 Å². The minimum absolute atomic E-state index is 0.670. The molecular formula is C15H16Br2N2O. The van der Waals surface area contributed by atoms with Crippen LogP contribution >= 0.6 is 31.9 Å². The van der Waals surface area contributed by atoms with Crippen molar-refractivity contribution in [3.05, 3.63) is 51.2 Å². The zero-order valence-corrected chi connectivity index (χ0v) is 14.4. The van der Waals surface area contributed by atoms with E-state index in [0.29, 0.717) is 6.54 Å². The Morgan fingerprint density at radius 3 is 2.60 bits per heavy atom. The summed E-state index contributed by atoms with van der Waals surface area (Å²) in [5.74, 6) is 0.903. The van der Waals surface area contributed by atoms with Gasteiger partial charge in [-0.25, -0.2) is 0 Å². The van der Waals surface area contributed by atoms with E-state index in [2.05, 4.69) is 49.1 Å². The highest BCUT2D eigenvalue weighted by atomic mass is 79.9. The smallest absolute Gasteiger partial charge is 0.119 e. The van der Waals surface area contributed by atoms with Gasteiger partial charge in [0.1, 0.15) is 5.75 Å². The van der Waals surface area contributed by atoms with Gasteiger partial charge in [0.15, 0.2) is 0 Å². The molecule has 1 aromatic heterocycles. The number of aromatic nitrogens is 1. The second-order valence-electron chi connectivity index (χ2n) is 4.31. The lowest BCUT2D eigenvalue weighted by Gasteiger charge is -2.09. The Bertz CT molecular complexity index is 558. The number of pyridine rings is 1. The van der Waals surface area contributed by atoms with Crippen molar-refractivity contribution in [3.8, 4) is 5.75 Å². The summed E-state index contributed by atoms with van der Waals surface area (Å²) in [5, 5.41) is 3.34. The Labute approximate surface area is 136 Å². The number of ether oxygens (including phenoxy) is 1. The summed E-state index contributed by atoms with van der Waals surface area (Å²) in [6.07, 6.45) is 2.81. The molecule has 3 nitrogen and oxygen atoms in total. The number of halogens is 2. The van der Waals surface area contributed by atoms with Gasteiger partial charge in [-0.05, 0) is 68.6 Å². The first-order valence-electron chi connectivity index (χ1n) is 6.45. The lowest BCUT2D eigenvalue weighted by molar-refractivity contribution is 0.317. The Hall–Kier alpha value is -1.07. The fraction of sp³-hybridized carbons (Fsp3) is 0.267. The summed E-state index contributed by atoms with van der Waals surface area (Å²) in [6, 6.07) is 9.96. The van der Waals surface area contributed by atoms with Crippen molar-refractivity contribution in [3.63, 3.8) is 0 Å². The molecule has 0 atom stereocenters. The number of hydrogen-bond donors (Lipinski definition) is 1. The molecular weight excluding hydrogens is 384 g/mol. The number of rotatable bonds is 6. The summed E-state index contributed by atoms with van der Waals surface area (Å²) >= 11 is 6.90. The third kappa shape index (κ3) is 4.49. The van der Waals surface area contributed by atoms with E-state index in [1.54, 1.807) is 6.20 Å². The van der Waals surface area contributed by atoms with E-state index in [4.69, 9.17) is 4.74 Å². The summed E-state index contributed by atoms with van der Waals surface area (Å²) in [5.41, 5.74) is 2.02. The van der Waals surface area contributed by atoms with Gasteiger partial charge >= 0.3 is 0 Å². The molecule has 0 aliphatic carbocycles. The van der Waals surface area contributed by atoms with Crippen LogP contribution in [0.5, 0.6) is 5.75 Å². The largest absolute Gasteiger partial charge is 0.494 e. The van der Waals surface area contributed by atoms with E-state index in [1.165, 1.54) is 0 Å². The first kappa shape index (κ1) is 15.3. The molecule has 1 aromatic carbocycles. The highest BCUT2D eigenvalue weighted by Crippen LogP contribution is 2.21. The molecule has 0 saturated carbocycles. The number of nitrogens with one attached hydrogen (secondary N) is 1. The van der Waals surface area contributed by atoms with Crippen molar-refractivity contribution >= 4 is 37.5 Å². The van der Waals surface area contributed by atoms with E-state index in [9.17, 15) is 0 Å². The average molecular weight is 400 g/mol. The van der Waals surface area contributed by atoms with Gasteiger partial charge in [0.2, 0.25) is 0 Å². The maximum Gasteiger partial charge on any atom is 0.119 e. The molecule has 0 amide bonds. The van der Waals surface area contributed by atoms with Crippen LogP contribution in [0.2, 0.25) is 0 Å². The molecule has 2 aromatic rings. The van der Waals surface area contributed by atoms with Crippen LogP contribution in [-0.2, 0) is 6.54 Å². The van der Waals surface area contributed by atoms with E-state index in [1.807, 2.05) is 30.3 Å². The summed E-state index contributed by atoms with van der Waals surface area (Å²) in [4.78, 5) is 4.37. The van der Waals surface area contributed by atoms with E-state index >= 15 is 0 Å². The maximum atomic E-state index is 5.55. The van der Waals surface area contributed by atoms with Crippen LogP contribution in [0, 0.1) is 0 Å². The third-order valence-electron chi connectivity index (χ3n) is 2.67. The fourth-order valence-corrected chi connectivity index (χ4v) is 2.78. The standard InChI is InChI=1S/C15H16Br2N2O/c1-2-7-20-13-5-3-12(4-6-13)18-10-15-14(17)8-11(16)9-19-15/h3-6,8-9,18H,2,7,10H2,1H3. The molecule has 2 rings (SSSR count). The number of nitrogens with zero attached hydrogens (tertiary/aromatic N) is 1. The number of hydrogen-bond acceptors (Lipinski definition) is 3. The lowest BCUT2D eigenvalue weighted by atomic mass is 10.3. The van der Waals surface area contributed by atoms with E-state index in [-0.39, 0.29) is 0 Å². The van der Waals surface area contributed by atoms with Gasteiger partial charge in [0, 0.05) is 20.8 Å². The summed E-state index contributed by atoms with van der Waals surface area (Å²) in [7, 11) is 0. The van der Waals surface area contributed by atoms with Crippen molar-refractivity contribution in [1.82, 2.24) is 4.98 Å². The van der Waals surface area contributed by atoms with Crippen molar-refractivity contribution in [2.75, 3.05) is 11.9 Å². The van der Waals surface area contributed by atoms with Crippen molar-refractivity contribution in [2.45, 2.75) is 19.9 Å². The lowest BCUT2D eigenvalue weighted by Crippen LogP contribution is -2.02. The van der Waals surface area contributed by atoms with E-state index in [0.717, 1.165) is 39.1 Å². The zero-order valence-electron chi connectivity index (χ0n) is 11.2. The molecule has 0 spiro atoms. The quantitative estimate of drug-likeness (QED) is 0.741. The molecule has 1 N–H and O–H groups in total. The SMILES string of the molecule is CCCOc1ccc(NCc2ncc(Br)cc2Br)cc1. The topological polar surface area (TPSA) is 34.1 Å². The Morgan fingerprint density at radius 2 is 1.95 bits per heavy atom. The highest BCUT2D eigenvalue weighted by Gasteiger charge is 2.02. The van der Waals surface area contributed by atoms with Gasteiger partial charge < -0.3 is 10.1 Å². The van der Waals surface area contributed by atoms with Gasteiger partial charge in [-0.2, -0.15) is 0 Å². The van der Waals surface area contributed by atoms with Crippen LogP contribution < -0.4 is 10.1 Å². The molecule has 0 radical (unpaired) electrons. The Balaban J connectivity index is 1.93. The van der Waals surface area contributed by atoms with Crippen LogP contribution in [0.1, 0.15) is 19.0 Å². The first-order valence-corrected chi connectivity index (χ1v) is 8.04. The van der Waals surface area contributed by atoms with Gasteiger partial charge in [-0.3, -0.25) is 4.98 Å². The molecule has 0 unspecified atom stereocenters. The summed E-state index contributed by atoms with van der Waals surface area (Å²) < 4.78 is 7.50. The van der Waals surface area contributed by atoms with Gasteiger partial charge in [0.05, 0.1) is 18.8 Å². The monoisotopic (exact) mass is 398 g/mol. The number of anilines is 1. The first-order chi connectivity index (χ1) is 9.69. The Kier molecular flexibility index (Phi) is 5.86. The zero-order chi connectivity index (χ0) is 14.4. The Morgan fingerprint density at radius 1 is 1.20 bits per heavy atom. The van der Waals surface area contributed by atoms with Crippen LogP contribution in [0.25, 0.3) is 0 Å². The predicted octanol–water partition coefficient (Wildman–Crippen LogP) is 5.01. The van der Waals surface area contributed by atoms with Crippen LogP contribution in [-0.4, -0.2) is 11.6 Å². The molecule has 0 aliphatic heterocycles. The predicted molar refractivity (Wildman–Crippen MR) is 89.2 cm³/mol. The van der Waals surface area contributed by atoms with Gasteiger partial charge in [-0.1, -0.05) is 6.92 Å². The molecule has 106 valence electrons. The average Bonchev–Trinajstić information content (AvgIpc) is 2.45. The summed E-state index contributed by atoms with van der Waals surface area (Å²) in [6.45, 7) is 3.52. The molecule has 5 heteroatoms. The minimum atomic E-state index is 0.670.